The lowest BCUT2D eigenvalue weighted by Gasteiger charge is -2.19. The minimum atomic E-state index is -0.492. The molecule has 2 aromatic rings. The summed E-state index contributed by atoms with van der Waals surface area (Å²) in [6, 6.07) is 14.0. The van der Waals surface area contributed by atoms with Gasteiger partial charge >= 0.3 is 0 Å². The van der Waals surface area contributed by atoms with Crippen molar-refractivity contribution in [1.29, 1.82) is 0 Å². The summed E-state index contributed by atoms with van der Waals surface area (Å²) in [6.07, 6.45) is 1.16. The molecule has 22 heavy (non-hydrogen) atoms. The van der Waals surface area contributed by atoms with E-state index < -0.39 is 11.7 Å². The molecule has 1 atom stereocenters. The van der Waals surface area contributed by atoms with E-state index in [0.29, 0.717) is 18.4 Å². The van der Waals surface area contributed by atoms with E-state index in [1.165, 1.54) is 6.07 Å². The average Bonchev–Trinajstić information content (AvgIpc) is 2.54. The van der Waals surface area contributed by atoms with Gasteiger partial charge in [0.25, 0.3) is 5.91 Å². The summed E-state index contributed by atoms with van der Waals surface area (Å²) in [7, 11) is 0. The van der Waals surface area contributed by atoms with Crippen LogP contribution in [-0.4, -0.2) is 17.6 Å². The van der Waals surface area contributed by atoms with E-state index in [-0.39, 0.29) is 18.2 Å². The molecule has 0 aliphatic rings. The van der Waals surface area contributed by atoms with E-state index in [0.717, 1.165) is 5.56 Å². The van der Waals surface area contributed by atoms with Gasteiger partial charge in [0.15, 0.2) is 0 Å². The third-order valence-electron chi connectivity index (χ3n) is 3.59. The van der Waals surface area contributed by atoms with E-state index in [1.54, 1.807) is 19.1 Å². The smallest absolute Gasteiger partial charge is 0.254 e. The SMILES string of the molecule is Cc1cccc(C(=O)NC(CCCO)c2ccccc2)c1F. The van der Waals surface area contributed by atoms with Crippen LogP contribution in [-0.2, 0) is 0 Å². The highest BCUT2D eigenvalue weighted by atomic mass is 19.1. The number of benzene rings is 2. The predicted octanol–water partition coefficient (Wildman–Crippen LogP) is 3.38. The summed E-state index contributed by atoms with van der Waals surface area (Å²) < 4.78 is 14.1. The predicted molar refractivity (Wildman–Crippen MR) is 84.1 cm³/mol. The van der Waals surface area contributed by atoms with Crippen molar-refractivity contribution in [2.75, 3.05) is 6.61 Å². The van der Waals surface area contributed by atoms with E-state index in [9.17, 15) is 9.18 Å². The molecule has 0 saturated heterocycles. The van der Waals surface area contributed by atoms with E-state index >= 15 is 0 Å². The lowest BCUT2D eigenvalue weighted by atomic mass is 10.0. The Kier molecular flexibility index (Phi) is 5.67. The Labute approximate surface area is 129 Å². The zero-order chi connectivity index (χ0) is 15.9. The molecule has 2 aromatic carbocycles. The minimum Gasteiger partial charge on any atom is -0.396 e. The lowest BCUT2D eigenvalue weighted by Crippen LogP contribution is -2.29. The second-order valence-corrected chi connectivity index (χ2v) is 5.24. The van der Waals surface area contributed by atoms with Crippen LogP contribution < -0.4 is 5.32 Å². The normalized spacial score (nSPS) is 12.0. The molecule has 4 heteroatoms. The molecule has 2 N–H and O–H groups in total. The first-order chi connectivity index (χ1) is 10.6. The Morgan fingerprint density at radius 3 is 2.59 bits per heavy atom. The van der Waals surface area contributed by atoms with Crippen LogP contribution in [0, 0.1) is 12.7 Å². The number of hydrogen-bond donors (Lipinski definition) is 2. The van der Waals surface area contributed by atoms with Crippen LogP contribution in [0.1, 0.15) is 40.4 Å². The molecule has 0 heterocycles. The highest BCUT2D eigenvalue weighted by molar-refractivity contribution is 5.94. The molecular formula is C18H20FNO2. The second-order valence-electron chi connectivity index (χ2n) is 5.24. The number of nitrogens with one attached hydrogen (secondary N) is 1. The summed E-state index contributed by atoms with van der Waals surface area (Å²) in [5.74, 6) is -0.929. The summed E-state index contributed by atoms with van der Waals surface area (Å²) >= 11 is 0. The maximum atomic E-state index is 14.1. The first-order valence-electron chi connectivity index (χ1n) is 7.35. The molecule has 0 fully saturated rings. The van der Waals surface area contributed by atoms with Crippen molar-refractivity contribution >= 4 is 5.91 Å². The quantitative estimate of drug-likeness (QED) is 0.859. The van der Waals surface area contributed by atoms with Gasteiger partial charge in [-0.3, -0.25) is 4.79 Å². The Morgan fingerprint density at radius 2 is 1.91 bits per heavy atom. The zero-order valence-corrected chi connectivity index (χ0v) is 12.6. The van der Waals surface area contributed by atoms with E-state index in [1.807, 2.05) is 30.3 Å². The molecule has 0 spiro atoms. The maximum absolute atomic E-state index is 14.1. The van der Waals surface area contributed by atoms with Gasteiger partial charge in [-0.2, -0.15) is 0 Å². The number of aliphatic hydroxyl groups is 1. The second kappa shape index (κ2) is 7.71. The third kappa shape index (κ3) is 3.92. The topological polar surface area (TPSA) is 49.3 Å². The van der Waals surface area contributed by atoms with Crippen molar-refractivity contribution in [3.63, 3.8) is 0 Å². The summed E-state index contributed by atoms with van der Waals surface area (Å²) in [5.41, 5.74) is 1.43. The van der Waals surface area contributed by atoms with Crippen molar-refractivity contribution in [3.05, 3.63) is 71.0 Å². The molecule has 0 aliphatic carbocycles. The molecule has 0 radical (unpaired) electrons. The van der Waals surface area contributed by atoms with Crippen LogP contribution in [0.2, 0.25) is 0 Å². The zero-order valence-electron chi connectivity index (χ0n) is 12.6. The van der Waals surface area contributed by atoms with Gasteiger partial charge in [-0.25, -0.2) is 4.39 Å². The fourth-order valence-corrected chi connectivity index (χ4v) is 2.36. The van der Waals surface area contributed by atoms with Crippen LogP contribution in [0.5, 0.6) is 0 Å². The van der Waals surface area contributed by atoms with Crippen molar-refractivity contribution in [2.45, 2.75) is 25.8 Å². The highest BCUT2D eigenvalue weighted by Gasteiger charge is 2.18. The Balaban J connectivity index is 2.19. The number of carbonyl (C=O) groups is 1. The van der Waals surface area contributed by atoms with E-state index in [2.05, 4.69) is 5.32 Å². The van der Waals surface area contributed by atoms with Crippen molar-refractivity contribution in [3.8, 4) is 0 Å². The number of aliphatic hydroxyl groups excluding tert-OH is 1. The third-order valence-corrected chi connectivity index (χ3v) is 3.59. The monoisotopic (exact) mass is 301 g/mol. The fraction of sp³-hybridized carbons (Fsp3) is 0.278. The molecule has 1 unspecified atom stereocenters. The first-order valence-corrected chi connectivity index (χ1v) is 7.35. The molecule has 0 aromatic heterocycles. The Bertz CT molecular complexity index is 628. The highest BCUT2D eigenvalue weighted by Crippen LogP contribution is 2.20. The molecule has 0 saturated carbocycles. The van der Waals surface area contributed by atoms with Crippen LogP contribution in [0.25, 0.3) is 0 Å². The number of carbonyl (C=O) groups excluding carboxylic acids is 1. The van der Waals surface area contributed by atoms with Gasteiger partial charge in [-0.1, -0.05) is 42.5 Å². The largest absolute Gasteiger partial charge is 0.396 e. The van der Waals surface area contributed by atoms with Gasteiger partial charge < -0.3 is 10.4 Å². The molecule has 0 aliphatic heterocycles. The van der Waals surface area contributed by atoms with Crippen LogP contribution in [0.4, 0.5) is 4.39 Å². The number of aryl methyl sites for hydroxylation is 1. The standard InChI is InChI=1S/C18H20FNO2/c1-13-7-5-10-15(17(13)19)18(22)20-16(11-6-12-21)14-8-3-2-4-9-14/h2-5,7-10,16,21H,6,11-12H2,1H3,(H,20,22). The fourth-order valence-electron chi connectivity index (χ4n) is 2.36. The molecular weight excluding hydrogens is 281 g/mol. The van der Waals surface area contributed by atoms with Crippen molar-refractivity contribution in [2.24, 2.45) is 0 Å². The molecule has 0 bridgehead atoms. The number of rotatable bonds is 6. The average molecular weight is 301 g/mol. The van der Waals surface area contributed by atoms with Gasteiger partial charge in [0, 0.05) is 6.61 Å². The number of hydrogen-bond acceptors (Lipinski definition) is 2. The van der Waals surface area contributed by atoms with Gasteiger partial charge in [-0.05, 0) is 37.0 Å². The number of halogens is 1. The summed E-state index contributed by atoms with van der Waals surface area (Å²) in [4.78, 5) is 12.4. The maximum Gasteiger partial charge on any atom is 0.254 e. The van der Waals surface area contributed by atoms with Crippen molar-refractivity contribution < 1.29 is 14.3 Å². The minimum absolute atomic E-state index is 0.0462. The Hall–Kier alpha value is -2.20. The van der Waals surface area contributed by atoms with Gasteiger partial charge in [0.1, 0.15) is 5.82 Å². The van der Waals surface area contributed by atoms with Crippen LogP contribution in [0.15, 0.2) is 48.5 Å². The molecule has 116 valence electrons. The summed E-state index contributed by atoms with van der Waals surface area (Å²) in [5, 5.41) is 11.9. The molecule has 3 nitrogen and oxygen atoms in total. The molecule has 1 amide bonds. The summed E-state index contributed by atoms with van der Waals surface area (Å²) in [6.45, 7) is 1.69. The van der Waals surface area contributed by atoms with Crippen molar-refractivity contribution in [1.82, 2.24) is 5.32 Å². The van der Waals surface area contributed by atoms with E-state index in [4.69, 9.17) is 5.11 Å². The lowest BCUT2D eigenvalue weighted by molar-refractivity contribution is 0.0928. The number of amides is 1. The molecule has 2 rings (SSSR count). The van der Waals surface area contributed by atoms with Gasteiger partial charge in [-0.15, -0.1) is 0 Å². The van der Waals surface area contributed by atoms with Crippen LogP contribution in [0.3, 0.4) is 0 Å². The Morgan fingerprint density at radius 1 is 1.18 bits per heavy atom. The van der Waals surface area contributed by atoms with Gasteiger partial charge in [0.05, 0.1) is 11.6 Å². The first kappa shape index (κ1) is 16.2. The van der Waals surface area contributed by atoms with Crippen LogP contribution >= 0.6 is 0 Å². The van der Waals surface area contributed by atoms with Gasteiger partial charge in [0.2, 0.25) is 0 Å².